The van der Waals surface area contributed by atoms with Crippen molar-refractivity contribution in [3.63, 3.8) is 0 Å². The highest BCUT2D eigenvalue weighted by molar-refractivity contribution is 7.79. The van der Waals surface area contributed by atoms with Crippen LogP contribution in [0.25, 0.3) is 10.8 Å². The molecule has 1 amide bonds. The molecule has 0 aliphatic carbocycles. The van der Waals surface area contributed by atoms with Crippen LogP contribution in [0.2, 0.25) is 0 Å². The van der Waals surface area contributed by atoms with Gasteiger partial charge >= 0.3 is 0 Å². The summed E-state index contributed by atoms with van der Waals surface area (Å²) in [6.45, 7) is 2.47. The van der Waals surface area contributed by atoms with E-state index in [0.717, 1.165) is 11.1 Å². The van der Waals surface area contributed by atoms with Crippen LogP contribution in [0.15, 0.2) is 35.2 Å². The lowest BCUT2D eigenvalue weighted by atomic mass is 10.1. The molecule has 1 aliphatic rings. The smallest absolute Gasteiger partial charge is 0.258 e. The summed E-state index contributed by atoms with van der Waals surface area (Å²) in [6, 6.07) is 8.44. The molecule has 1 unspecified atom stereocenters. The number of nitrogens with zero attached hydrogens (tertiary/aromatic N) is 1. The zero-order chi connectivity index (χ0) is 12.9. The lowest BCUT2D eigenvalue weighted by molar-refractivity contribution is 0.0994. The molecular formula is C13H10NO3S-. The first kappa shape index (κ1) is 11.4. The Morgan fingerprint density at radius 2 is 2.06 bits per heavy atom. The first-order chi connectivity index (χ1) is 8.65. The van der Waals surface area contributed by atoms with E-state index in [0.29, 0.717) is 17.5 Å². The van der Waals surface area contributed by atoms with E-state index in [9.17, 15) is 13.6 Å². The molecular weight excluding hydrogens is 250 g/mol. The summed E-state index contributed by atoms with van der Waals surface area (Å²) >= 11 is -2.30. The summed E-state index contributed by atoms with van der Waals surface area (Å²) in [5.41, 5.74) is 1.37. The zero-order valence-electron chi connectivity index (χ0n) is 9.67. The summed E-state index contributed by atoms with van der Waals surface area (Å²) in [4.78, 5) is 14.1. The van der Waals surface area contributed by atoms with Crippen LogP contribution >= 0.6 is 0 Å². The number of hydrogen-bond acceptors (Lipinski definition) is 3. The minimum atomic E-state index is -2.30. The van der Waals surface area contributed by atoms with E-state index >= 15 is 0 Å². The Kier molecular flexibility index (Phi) is 2.46. The molecule has 3 rings (SSSR count). The summed E-state index contributed by atoms with van der Waals surface area (Å²) in [5, 5.41) is 1.36. The number of carbonyl (C=O) groups is 1. The predicted molar refractivity (Wildman–Crippen MR) is 68.5 cm³/mol. The lowest BCUT2D eigenvalue weighted by Crippen LogP contribution is -2.25. The molecule has 0 saturated heterocycles. The third-order valence-corrected chi connectivity index (χ3v) is 3.96. The Hall–Kier alpha value is -1.72. The average Bonchev–Trinajstić information content (AvgIpc) is 2.64. The fourth-order valence-electron chi connectivity index (χ4n) is 2.48. The molecule has 0 fully saturated rings. The van der Waals surface area contributed by atoms with E-state index in [2.05, 4.69) is 0 Å². The van der Waals surface area contributed by atoms with Crippen molar-refractivity contribution < 1.29 is 13.6 Å². The van der Waals surface area contributed by atoms with E-state index in [-0.39, 0.29) is 10.8 Å². The Morgan fingerprint density at radius 3 is 2.72 bits per heavy atom. The minimum absolute atomic E-state index is 0.0630. The van der Waals surface area contributed by atoms with Gasteiger partial charge in [0, 0.05) is 22.4 Å². The van der Waals surface area contributed by atoms with Crippen LogP contribution < -0.4 is 4.90 Å². The third-order valence-electron chi connectivity index (χ3n) is 3.24. The summed E-state index contributed by atoms with van der Waals surface area (Å²) in [7, 11) is 0. The van der Waals surface area contributed by atoms with Crippen molar-refractivity contribution in [2.75, 3.05) is 11.4 Å². The van der Waals surface area contributed by atoms with Crippen molar-refractivity contribution in [1.82, 2.24) is 0 Å². The Labute approximate surface area is 107 Å². The first-order valence-corrected chi connectivity index (χ1v) is 6.69. The highest BCUT2D eigenvalue weighted by Gasteiger charge is 2.29. The van der Waals surface area contributed by atoms with Gasteiger partial charge < -0.3 is 9.45 Å². The molecule has 1 atom stereocenters. The maximum Gasteiger partial charge on any atom is 0.258 e. The molecule has 0 bridgehead atoms. The van der Waals surface area contributed by atoms with Gasteiger partial charge in [-0.15, -0.1) is 0 Å². The van der Waals surface area contributed by atoms with Gasteiger partial charge in [0.15, 0.2) is 0 Å². The highest BCUT2D eigenvalue weighted by Crippen LogP contribution is 2.39. The first-order valence-electron chi connectivity index (χ1n) is 5.62. The number of benzene rings is 2. The van der Waals surface area contributed by atoms with Crippen LogP contribution in [0.3, 0.4) is 0 Å². The molecule has 2 aromatic rings. The molecule has 92 valence electrons. The number of rotatable bonds is 2. The molecule has 5 heteroatoms. The van der Waals surface area contributed by atoms with Crippen molar-refractivity contribution in [1.29, 1.82) is 0 Å². The van der Waals surface area contributed by atoms with Gasteiger partial charge in [-0.05, 0) is 41.6 Å². The predicted octanol–water partition coefficient (Wildman–Crippen LogP) is 2.06. The van der Waals surface area contributed by atoms with Gasteiger partial charge in [0.2, 0.25) is 0 Å². The van der Waals surface area contributed by atoms with Crippen LogP contribution in [-0.2, 0) is 11.1 Å². The molecule has 0 radical (unpaired) electrons. The Morgan fingerprint density at radius 1 is 1.28 bits per heavy atom. The molecule has 2 aromatic carbocycles. The maximum atomic E-state index is 12.2. The van der Waals surface area contributed by atoms with Gasteiger partial charge in [-0.2, -0.15) is 0 Å². The summed E-state index contributed by atoms with van der Waals surface area (Å²) in [6.07, 6.45) is 0. The number of hydrogen-bond donors (Lipinski definition) is 0. The van der Waals surface area contributed by atoms with Crippen LogP contribution in [0.4, 0.5) is 5.69 Å². The Balaban J connectivity index is 2.44. The molecule has 0 N–H and O–H groups in total. The molecule has 1 aliphatic heterocycles. The van der Waals surface area contributed by atoms with Crippen LogP contribution in [0.5, 0.6) is 0 Å². The second kappa shape index (κ2) is 3.90. The molecule has 1 heterocycles. The maximum absolute atomic E-state index is 12.2. The van der Waals surface area contributed by atoms with Gasteiger partial charge in [-0.25, -0.2) is 0 Å². The Bertz CT molecular complexity index is 696. The average molecular weight is 260 g/mol. The van der Waals surface area contributed by atoms with Crippen molar-refractivity contribution in [3.8, 4) is 0 Å². The topological polar surface area (TPSA) is 60.4 Å². The molecule has 0 saturated carbocycles. The van der Waals surface area contributed by atoms with Crippen molar-refractivity contribution in [3.05, 3.63) is 35.9 Å². The molecule has 0 spiro atoms. The van der Waals surface area contributed by atoms with Crippen LogP contribution in [0, 0.1) is 0 Å². The van der Waals surface area contributed by atoms with E-state index in [4.69, 9.17) is 0 Å². The van der Waals surface area contributed by atoms with E-state index in [1.807, 2.05) is 6.92 Å². The normalized spacial score (nSPS) is 15.4. The van der Waals surface area contributed by atoms with Gasteiger partial charge in [0.05, 0.1) is 5.69 Å². The van der Waals surface area contributed by atoms with Gasteiger partial charge in [0.1, 0.15) is 0 Å². The summed E-state index contributed by atoms with van der Waals surface area (Å²) in [5.74, 6) is -0.0630. The van der Waals surface area contributed by atoms with Gasteiger partial charge in [-0.1, -0.05) is 12.1 Å². The number of anilines is 1. The van der Waals surface area contributed by atoms with Gasteiger partial charge in [-0.3, -0.25) is 9.00 Å². The van der Waals surface area contributed by atoms with Crippen LogP contribution in [0.1, 0.15) is 17.3 Å². The SMILES string of the molecule is CCN1C(=O)c2cccc3c(S(=O)[O-])ccc1c23. The fourth-order valence-corrected chi connectivity index (χ4v) is 3.01. The van der Waals surface area contributed by atoms with Gasteiger partial charge in [0.25, 0.3) is 5.91 Å². The number of carbonyl (C=O) groups excluding carboxylic acids is 1. The van der Waals surface area contributed by atoms with Crippen molar-refractivity contribution in [2.45, 2.75) is 11.8 Å². The van der Waals surface area contributed by atoms with E-state index in [1.165, 1.54) is 0 Å². The largest absolute Gasteiger partial charge is 0.768 e. The molecule has 4 nitrogen and oxygen atoms in total. The second-order valence-corrected chi connectivity index (χ2v) is 5.00. The third kappa shape index (κ3) is 1.34. The highest BCUT2D eigenvalue weighted by atomic mass is 32.2. The standard InChI is InChI=1S/C13H11NO3S/c1-2-14-10-6-7-11(18(16)17)8-4-3-5-9(12(8)10)13(14)15/h3-7H,2H2,1H3,(H,16,17)/p-1. The zero-order valence-corrected chi connectivity index (χ0v) is 10.5. The minimum Gasteiger partial charge on any atom is -0.768 e. The molecule has 18 heavy (non-hydrogen) atoms. The monoisotopic (exact) mass is 260 g/mol. The molecule has 0 aromatic heterocycles. The fraction of sp³-hybridized carbons (Fsp3) is 0.154. The second-order valence-electron chi connectivity index (χ2n) is 4.10. The van der Waals surface area contributed by atoms with Crippen LogP contribution in [-0.4, -0.2) is 21.2 Å². The quantitative estimate of drug-likeness (QED) is 0.776. The van der Waals surface area contributed by atoms with Crippen molar-refractivity contribution in [2.24, 2.45) is 0 Å². The lowest BCUT2D eigenvalue weighted by Gasteiger charge is -2.15. The van der Waals surface area contributed by atoms with E-state index in [1.54, 1.807) is 35.2 Å². The number of amides is 1. The van der Waals surface area contributed by atoms with E-state index < -0.39 is 11.1 Å². The van der Waals surface area contributed by atoms with Crippen molar-refractivity contribution >= 4 is 33.4 Å². The summed E-state index contributed by atoms with van der Waals surface area (Å²) < 4.78 is 22.4.